The fraction of sp³-hybridized carbons (Fsp3) is 0.417. The first kappa shape index (κ1) is 31.7. The maximum absolute atomic E-state index is 14.1. The topological polar surface area (TPSA) is 80.5 Å². The van der Waals surface area contributed by atoms with E-state index in [0.717, 1.165) is 40.1 Å². The molecule has 3 heterocycles. The standard InChI is InChI=1S/C36H46N4O3Si/c1-25(2)28-10-8-27(9-11-28)24-43-31-14-12-29(13-15-31)32-33(30-16-18-37-19-17-30)38-40-21-20-39(35(41)34(32)40)23-26(3)22-36(4,5)44(6,7)42/h8-19,25-26,42H,20-24H2,1-7H3. The van der Waals surface area contributed by atoms with Crippen LogP contribution in [0.2, 0.25) is 18.1 Å². The molecule has 4 aromatic rings. The van der Waals surface area contributed by atoms with Gasteiger partial charge in [-0.2, -0.15) is 5.10 Å². The largest absolute Gasteiger partial charge is 0.489 e. The van der Waals surface area contributed by atoms with E-state index in [0.29, 0.717) is 37.9 Å². The lowest BCUT2D eigenvalue weighted by molar-refractivity contribution is 0.0665. The molecule has 0 bridgehead atoms. The number of ether oxygens (including phenoxy) is 1. The molecule has 44 heavy (non-hydrogen) atoms. The Morgan fingerprint density at radius 3 is 2.20 bits per heavy atom. The minimum absolute atomic E-state index is 0.00520. The fourth-order valence-corrected chi connectivity index (χ4v) is 6.76. The van der Waals surface area contributed by atoms with Crippen molar-refractivity contribution in [2.45, 2.75) is 78.2 Å². The number of benzene rings is 2. The molecule has 8 heteroatoms. The van der Waals surface area contributed by atoms with E-state index in [2.05, 4.69) is 63.9 Å². The SMILES string of the molecule is CC(CN1CCn2nc(-c3ccncc3)c(-c3ccc(OCc4ccc(C(C)C)cc4)cc3)c2C1=O)CC(C)(C)[Si](C)(C)O. The van der Waals surface area contributed by atoms with E-state index >= 15 is 0 Å². The molecule has 0 fully saturated rings. The number of amides is 1. The summed E-state index contributed by atoms with van der Waals surface area (Å²) >= 11 is 0. The van der Waals surface area contributed by atoms with Crippen LogP contribution in [-0.2, 0) is 13.2 Å². The average Bonchev–Trinajstić information content (AvgIpc) is 3.38. The molecular weight excluding hydrogens is 565 g/mol. The van der Waals surface area contributed by atoms with Crippen LogP contribution in [0.15, 0.2) is 73.1 Å². The lowest BCUT2D eigenvalue weighted by Crippen LogP contribution is -2.45. The third-order valence-electron chi connectivity index (χ3n) is 9.22. The first-order chi connectivity index (χ1) is 20.8. The maximum atomic E-state index is 14.1. The lowest BCUT2D eigenvalue weighted by Gasteiger charge is -2.38. The Morgan fingerprint density at radius 1 is 0.932 bits per heavy atom. The maximum Gasteiger partial charge on any atom is 0.272 e. The summed E-state index contributed by atoms with van der Waals surface area (Å²) in [6, 6.07) is 20.4. The van der Waals surface area contributed by atoms with Gasteiger partial charge in [-0.15, -0.1) is 0 Å². The van der Waals surface area contributed by atoms with Crippen molar-refractivity contribution >= 4 is 14.2 Å². The van der Waals surface area contributed by atoms with Gasteiger partial charge >= 0.3 is 0 Å². The molecule has 1 unspecified atom stereocenters. The number of aromatic nitrogens is 3. The molecule has 1 atom stereocenters. The Labute approximate surface area is 263 Å². The Morgan fingerprint density at radius 2 is 1.59 bits per heavy atom. The predicted octanol–water partition coefficient (Wildman–Crippen LogP) is 7.77. The highest BCUT2D eigenvalue weighted by Gasteiger charge is 2.40. The first-order valence-electron chi connectivity index (χ1n) is 15.7. The molecule has 0 aliphatic carbocycles. The molecule has 5 rings (SSSR count). The monoisotopic (exact) mass is 610 g/mol. The van der Waals surface area contributed by atoms with E-state index in [4.69, 9.17) is 9.84 Å². The molecule has 0 spiro atoms. The molecular formula is C36H46N4O3Si. The summed E-state index contributed by atoms with van der Waals surface area (Å²) in [5.74, 6) is 1.52. The predicted molar refractivity (Wildman–Crippen MR) is 179 cm³/mol. The van der Waals surface area contributed by atoms with Crippen molar-refractivity contribution in [2.75, 3.05) is 13.1 Å². The van der Waals surface area contributed by atoms with Gasteiger partial charge in [0, 0.05) is 36.6 Å². The van der Waals surface area contributed by atoms with Crippen LogP contribution in [0.1, 0.15) is 68.6 Å². The zero-order chi connectivity index (χ0) is 31.6. The first-order valence-corrected chi connectivity index (χ1v) is 18.6. The van der Waals surface area contributed by atoms with Crippen molar-refractivity contribution in [3.8, 4) is 28.1 Å². The number of carbonyl (C=O) groups is 1. The van der Waals surface area contributed by atoms with Gasteiger partial charge in [-0.05, 0) is 77.3 Å². The minimum atomic E-state index is -2.34. The van der Waals surface area contributed by atoms with Crippen molar-refractivity contribution in [1.29, 1.82) is 0 Å². The second kappa shape index (κ2) is 12.7. The Bertz CT molecular complexity index is 1570. The molecule has 0 saturated heterocycles. The molecule has 2 aromatic carbocycles. The van der Waals surface area contributed by atoms with E-state index in [1.165, 1.54) is 5.56 Å². The Hall–Kier alpha value is -3.75. The van der Waals surface area contributed by atoms with Crippen molar-refractivity contribution in [1.82, 2.24) is 19.7 Å². The smallest absolute Gasteiger partial charge is 0.272 e. The van der Waals surface area contributed by atoms with Gasteiger partial charge in [0.25, 0.3) is 5.91 Å². The van der Waals surface area contributed by atoms with Crippen molar-refractivity contribution < 1.29 is 14.3 Å². The van der Waals surface area contributed by atoms with Crippen molar-refractivity contribution in [2.24, 2.45) is 5.92 Å². The normalized spacial score (nSPS) is 14.6. The van der Waals surface area contributed by atoms with Gasteiger partial charge in [0.05, 0.1) is 6.54 Å². The third kappa shape index (κ3) is 6.81. The molecule has 7 nitrogen and oxygen atoms in total. The summed E-state index contributed by atoms with van der Waals surface area (Å²) < 4.78 is 7.99. The van der Waals surface area contributed by atoms with Gasteiger partial charge in [-0.25, -0.2) is 0 Å². The Kier molecular flexibility index (Phi) is 9.14. The van der Waals surface area contributed by atoms with Gasteiger partial charge in [0.2, 0.25) is 0 Å². The molecule has 2 aromatic heterocycles. The van der Waals surface area contributed by atoms with Crippen LogP contribution in [0.5, 0.6) is 5.75 Å². The number of hydrogen-bond donors (Lipinski definition) is 1. The lowest BCUT2D eigenvalue weighted by atomic mass is 9.95. The number of hydrogen-bond acceptors (Lipinski definition) is 5. The summed E-state index contributed by atoms with van der Waals surface area (Å²) in [5.41, 5.74) is 6.51. The molecule has 1 aliphatic rings. The average molecular weight is 611 g/mol. The van der Waals surface area contributed by atoms with E-state index in [1.807, 2.05) is 59.1 Å². The highest BCUT2D eigenvalue weighted by atomic mass is 28.4. The van der Waals surface area contributed by atoms with Crippen LogP contribution in [0, 0.1) is 5.92 Å². The number of pyridine rings is 1. The van der Waals surface area contributed by atoms with Crippen LogP contribution in [0.3, 0.4) is 0 Å². The van der Waals surface area contributed by atoms with Gasteiger partial charge in [0.15, 0.2) is 8.32 Å². The summed E-state index contributed by atoms with van der Waals surface area (Å²) in [6.45, 7) is 17.2. The molecule has 1 amide bonds. The molecule has 232 valence electrons. The summed E-state index contributed by atoms with van der Waals surface area (Å²) in [7, 11) is -2.34. The Balaban J connectivity index is 1.40. The second-order valence-corrected chi connectivity index (χ2v) is 18.2. The van der Waals surface area contributed by atoms with E-state index in [-0.39, 0.29) is 16.9 Å². The minimum Gasteiger partial charge on any atom is -0.489 e. The van der Waals surface area contributed by atoms with E-state index in [9.17, 15) is 9.59 Å². The van der Waals surface area contributed by atoms with Gasteiger partial charge < -0.3 is 14.4 Å². The van der Waals surface area contributed by atoms with Crippen molar-refractivity contribution in [3.05, 3.63) is 89.9 Å². The molecule has 1 N–H and O–H groups in total. The van der Waals surface area contributed by atoms with Crippen LogP contribution in [0.4, 0.5) is 0 Å². The van der Waals surface area contributed by atoms with Gasteiger partial charge in [-0.1, -0.05) is 71.0 Å². The number of rotatable bonds is 11. The van der Waals surface area contributed by atoms with Crippen LogP contribution >= 0.6 is 0 Å². The number of fused-ring (bicyclic) bond motifs is 1. The van der Waals surface area contributed by atoms with E-state index < -0.39 is 8.32 Å². The molecule has 0 radical (unpaired) electrons. The molecule has 1 aliphatic heterocycles. The second-order valence-electron chi connectivity index (χ2n) is 13.7. The summed E-state index contributed by atoms with van der Waals surface area (Å²) in [6.07, 6.45) is 4.38. The zero-order valence-corrected chi connectivity index (χ0v) is 28.2. The van der Waals surface area contributed by atoms with Crippen molar-refractivity contribution in [3.63, 3.8) is 0 Å². The van der Waals surface area contributed by atoms with E-state index in [1.54, 1.807) is 12.4 Å². The quantitative estimate of drug-likeness (QED) is 0.176. The fourth-order valence-electron chi connectivity index (χ4n) is 5.91. The summed E-state index contributed by atoms with van der Waals surface area (Å²) in [5, 5.41) is 4.81. The highest BCUT2D eigenvalue weighted by Crippen LogP contribution is 2.42. The van der Waals surface area contributed by atoms with Gasteiger partial charge in [-0.3, -0.25) is 14.5 Å². The summed E-state index contributed by atoms with van der Waals surface area (Å²) in [4.78, 5) is 31.1. The number of carbonyl (C=O) groups excluding carboxylic acids is 1. The molecule has 0 saturated carbocycles. The third-order valence-corrected chi connectivity index (χ3v) is 12.7. The van der Waals surface area contributed by atoms with Crippen LogP contribution in [0.25, 0.3) is 22.4 Å². The van der Waals surface area contributed by atoms with Crippen LogP contribution in [-0.4, -0.2) is 51.8 Å². The van der Waals surface area contributed by atoms with Crippen LogP contribution < -0.4 is 4.74 Å². The zero-order valence-electron chi connectivity index (χ0n) is 27.2. The number of nitrogens with zero attached hydrogens (tertiary/aromatic N) is 4. The highest BCUT2D eigenvalue weighted by molar-refractivity contribution is 6.72. The van der Waals surface area contributed by atoms with Gasteiger partial charge in [0.1, 0.15) is 23.7 Å².